The molecule has 0 heterocycles. The van der Waals surface area contributed by atoms with Gasteiger partial charge >= 0.3 is 0 Å². The average molecular weight is 299 g/mol. The van der Waals surface area contributed by atoms with Crippen molar-refractivity contribution in [3.63, 3.8) is 0 Å². The highest BCUT2D eigenvalue weighted by atomic mass is 32.2. The number of nitrogens with zero attached hydrogens (tertiary/aromatic N) is 3. The number of rotatable bonds is 7. The fraction of sp³-hybridized carbons (Fsp3) is 0.500. The number of benzene rings is 1. The van der Waals surface area contributed by atoms with Crippen LogP contribution in [0.25, 0.3) is 10.4 Å². The zero-order valence-electron chi connectivity index (χ0n) is 11.0. The lowest BCUT2D eigenvalue weighted by Crippen LogP contribution is -2.21. The summed E-state index contributed by atoms with van der Waals surface area (Å²) in [5.41, 5.74) is 8.97. The molecule has 0 fully saturated rings. The predicted octanol–water partition coefficient (Wildman–Crippen LogP) is 1.33. The summed E-state index contributed by atoms with van der Waals surface area (Å²) in [6.07, 6.45) is -1.14. The molecule has 0 bridgehead atoms. The molecule has 2 unspecified atom stereocenters. The minimum Gasteiger partial charge on any atom is -0.390 e. The highest BCUT2D eigenvalue weighted by Gasteiger charge is 2.21. The molecule has 1 rings (SSSR count). The van der Waals surface area contributed by atoms with Gasteiger partial charge < -0.3 is 10.2 Å². The predicted molar refractivity (Wildman–Crippen MR) is 74.6 cm³/mol. The van der Waals surface area contributed by atoms with Gasteiger partial charge in [-0.25, -0.2) is 8.42 Å². The number of azide groups is 1. The SMILES string of the molecule is CS(=O)(=O)Cc1ccccc1C(O)C(O)CCN=[N+]=[N-]. The third-order valence-electron chi connectivity index (χ3n) is 2.74. The summed E-state index contributed by atoms with van der Waals surface area (Å²) in [5, 5.41) is 23.2. The minimum atomic E-state index is -3.24. The van der Waals surface area contributed by atoms with E-state index in [1.807, 2.05) is 0 Å². The molecule has 0 saturated carbocycles. The van der Waals surface area contributed by atoms with Gasteiger partial charge in [0.2, 0.25) is 0 Å². The summed E-state index contributed by atoms with van der Waals surface area (Å²) in [5.74, 6) is -0.205. The molecular weight excluding hydrogens is 282 g/mol. The molecule has 20 heavy (non-hydrogen) atoms. The van der Waals surface area contributed by atoms with Crippen molar-refractivity contribution in [1.29, 1.82) is 0 Å². The molecule has 2 atom stereocenters. The smallest absolute Gasteiger partial charge is 0.151 e. The molecule has 0 aliphatic carbocycles. The second-order valence-electron chi connectivity index (χ2n) is 4.52. The second kappa shape index (κ2) is 7.25. The summed E-state index contributed by atoms with van der Waals surface area (Å²) in [7, 11) is -3.24. The molecule has 1 aromatic rings. The van der Waals surface area contributed by atoms with Crippen LogP contribution in [-0.2, 0) is 15.6 Å². The monoisotopic (exact) mass is 299 g/mol. The van der Waals surface area contributed by atoms with Gasteiger partial charge in [-0.3, -0.25) is 0 Å². The van der Waals surface area contributed by atoms with Gasteiger partial charge in [0.1, 0.15) is 6.10 Å². The Morgan fingerprint density at radius 1 is 1.35 bits per heavy atom. The van der Waals surface area contributed by atoms with Crippen LogP contribution in [0.4, 0.5) is 0 Å². The summed E-state index contributed by atoms with van der Waals surface area (Å²) >= 11 is 0. The van der Waals surface area contributed by atoms with Crippen molar-refractivity contribution in [2.24, 2.45) is 5.11 Å². The quantitative estimate of drug-likeness (QED) is 0.447. The molecule has 0 saturated heterocycles. The third kappa shape index (κ3) is 5.18. The highest BCUT2D eigenvalue weighted by Crippen LogP contribution is 2.24. The van der Waals surface area contributed by atoms with Crippen LogP contribution >= 0.6 is 0 Å². The van der Waals surface area contributed by atoms with Gasteiger partial charge in [-0.05, 0) is 23.1 Å². The topological polar surface area (TPSA) is 123 Å². The molecule has 8 heteroatoms. The molecule has 7 nitrogen and oxygen atoms in total. The average Bonchev–Trinajstić information content (AvgIpc) is 2.37. The first-order valence-electron chi connectivity index (χ1n) is 5.97. The Bertz CT molecular complexity index is 596. The van der Waals surface area contributed by atoms with Crippen molar-refractivity contribution >= 4 is 9.84 Å². The molecular formula is C12H17N3O4S. The number of sulfone groups is 1. The van der Waals surface area contributed by atoms with Crippen molar-refractivity contribution in [2.45, 2.75) is 24.4 Å². The van der Waals surface area contributed by atoms with Crippen molar-refractivity contribution in [3.8, 4) is 0 Å². The molecule has 0 spiro atoms. The van der Waals surface area contributed by atoms with Gasteiger partial charge in [0.05, 0.1) is 11.9 Å². The summed E-state index contributed by atoms with van der Waals surface area (Å²) in [4.78, 5) is 2.56. The normalized spacial score (nSPS) is 14.3. The van der Waals surface area contributed by atoms with E-state index in [9.17, 15) is 18.6 Å². The third-order valence-corrected chi connectivity index (χ3v) is 3.58. The standard InChI is InChI=1S/C12H17N3O4S/c1-20(18,19)8-9-4-2-3-5-10(9)12(17)11(16)6-7-14-15-13/h2-5,11-12,16-17H,6-8H2,1H3. The van der Waals surface area contributed by atoms with Crippen molar-refractivity contribution in [3.05, 3.63) is 45.8 Å². The molecule has 1 aromatic carbocycles. The van der Waals surface area contributed by atoms with Crippen molar-refractivity contribution < 1.29 is 18.6 Å². The Labute approximate surface area is 117 Å². The summed E-state index contributed by atoms with van der Waals surface area (Å²) in [6.45, 7) is 0.0585. The van der Waals surface area contributed by atoms with Gasteiger partial charge in [-0.15, -0.1) is 0 Å². The van der Waals surface area contributed by atoms with Crippen molar-refractivity contribution in [1.82, 2.24) is 0 Å². The van der Waals surface area contributed by atoms with Gasteiger partial charge in [0.15, 0.2) is 9.84 Å². The van der Waals surface area contributed by atoms with Gasteiger partial charge in [-0.1, -0.05) is 29.4 Å². The second-order valence-corrected chi connectivity index (χ2v) is 6.66. The fourth-order valence-electron chi connectivity index (χ4n) is 1.84. The molecule has 110 valence electrons. The van der Waals surface area contributed by atoms with Crippen LogP contribution < -0.4 is 0 Å². The lowest BCUT2D eigenvalue weighted by atomic mass is 9.98. The van der Waals surface area contributed by atoms with Gasteiger partial charge in [0.25, 0.3) is 0 Å². The highest BCUT2D eigenvalue weighted by molar-refractivity contribution is 7.89. The number of aliphatic hydroxyl groups excluding tert-OH is 2. The molecule has 0 aliphatic heterocycles. The Kier molecular flexibility index (Phi) is 5.97. The first-order valence-corrected chi connectivity index (χ1v) is 8.03. The van der Waals surface area contributed by atoms with E-state index in [1.165, 1.54) is 0 Å². The lowest BCUT2D eigenvalue weighted by Gasteiger charge is -2.20. The Morgan fingerprint density at radius 3 is 2.60 bits per heavy atom. The Morgan fingerprint density at radius 2 is 2.00 bits per heavy atom. The van der Waals surface area contributed by atoms with E-state index in [2.05, 4.69) is 10.0 Å². The van der Waals surface area contributed by atoms with E-state index in [-0.39, 0.29) is 18.7 Å². The van der Waals surface area contributed by atoms with E-state index in [1.54, 1.807) is 24.3 Å². The number of hydrogen-bond acceptors (Lipinski definition) is 5. The van der Waals surface area contributed by atoms with Crippen LogP contribution in [0, 0.1) is 0 Å². The molecule has 0 aromatic heterocycles. The summed E-state index contributed by atoms with van der Waals surface area (Å²) < 4.78 is 22.7. The number of aliphatic hydroxyl groups is 2. The molecule has 0 radical (unpaired) electrons. The van der Waals surface area contributed by atoms with Crippen LogP contribution in [0.1, 0.15) is 23.7 Å². The summed E-state index contributed by atoms with van der Waals surface area (Å²) in [6, 6.07) is 6.50. The largest absolute Gasteiger partial charge is 0.390 e. The van der Waals surface area contributed by atoms with Crippen LogP contribution in [-0.4, -0.2) is 37.5 Å². The van der Waals surface area contributed by atoms with E-state index in [4.69, 9.17) is 5.53 Å². The molecule has 0 aliphatic rings. The van der Waals surface area contributed by atoms with E-state index < -0.39 is 22.0 Å². The van der Waals surface area contributed by atoms with Crippen LogP contribution in [0.2, 0.25) is 0 Å². The van der Waals surface area contributed by atoms with Crippen LogP contribution in [0.3, 0.4) is 0 Å². The molecule has 2 N–H and O–H groups in total. The van der Waals surface area contributed by atoms with E-state index in [0.717, 1.165) is 6.26 Å². The minimum absolute atomic E-state index is 0.0585. The Balaban J connectivity index is 2.91. The maximum Gasteiger partial charge on any atom is 0.151 e. The van der Waals surface area contributed by atoms with Gasteiger partial charge in [-0.2, -0.15) is 0 Å². The maximum absolute atomic E-state index is 11.4. The maximum atomic E-state index is 11.4. The zero-order chi connectivity index (χ0) is 15.2. The Hall–Kier alpha value is -1.60. The molecule has 0 amide bonds. The van der Waals surface area contributed by atoms with E-state index >= 15 is 0 Å². The number of hydrogen-bond donors (Lipinski definition) is 2. The van der Waals surface area contributed by atoms with Gasteiger partial charge in [0, 0.05) is 17.7 Å². The first-order chi connectivity index (χ1) is 9.35. The zero-order valence-corrected chi connectivity index (χ0v) is 11.9. The fourth-order valence-corrected chi connectivity index (χ4v) is 2.66. The van der Waals surface area contributed by atoms with Crippen LogP contribution in [0.15, 0.2) is 29.4 Å². The first kappa shape index (κ1) is 16.5. The van der Waals surface area contributed by atoms with Crippen molar-refractivity contribution in [2.75, 3.05) is 12.8 Å². The van der Waals surface area contributed by atoms with E-state index in [0.29, 0.717) is 11.1 Å². The lowest BCUT2D eigenvalue weighted by molar-refractivity contribution is 0.0146. The van der Waals surface area contributed by atoms with Crippen LogP contribution in [0.5, 0.6) is 0 Å².